The summed E-state index contributed by atoms with van der Waals surface area (Å²) < 4.78 is 10.7. The number of carboxylic acids is 1. The van der Waals surface area contributed by atoms with E-state index in [0.29, 0.717) is 0 Å². The zero-order chi connectivity index (χ0) is 8.85. The van der Waals surface area contributed by atoms with Gasteiger partial charge in [0, 0.05) is 23.0 Å². The Morgan fingerprint density at radius 3 is 2.36 bits per heavy atom. The average Bonchev–Trinajstić information content (AvgIpc) is 1.82. The van der Waals surface area contributed by atoms with Crippen LogP contribution in [-0.2, 0) is 20.4 Å². The molecule has 1 amide bonds. The van der Waals surface area contributed by atoms with E-state index in [1.807, 2.05) is 0 Å². The van der Waals surface area contributed by atoms with Crippen molar-refractivity contribution in [3.63, 3.8) is 0 Å². The number of primary amides is 1. The van der Waals surface area contributed by atoms with Crippen LogP contribution >= 0.6 is 0 Å². The van der Waals surface area contributed by atoms with Crippen LogP contribution in [0, 0.1) is 0 Å². The molecule has 1 atom stereocenters. The van der Waals surface area contributed by atoms with Crippen LogP contribution in [0.4, 0.5) is 0 Å². The van der Waals surface area contributed by atoms with Gasteiger partial charge >= 0.3 is 5.97 Å². The Hall–Kier alpha value is -0.910. The van der Waals surface area contributed by atoms with Crippen LogP contribution in [0.15, 0.2) is 0 Å². The molecular weight excluding hydrogens is 170 g/mol. The molecule has 0 saturated carbocycles. The van der Waals surface area contributed by atoms with Gasteiger partial charge in [0.2, 0.25) is 5.91 Å². The van der Waals surface area contributed by atoms with E-state index in [0.717, 1.165) is 0 Å². The first-order chi connectivity index (χ1) is 5.02. The normalized spacial score (nSPS) is 12.4. The van der Waals surface area contributed by atoms with Gasteiger partial charge in [0.1, 0.15) is 5.75 Å². The van der Waals surface area contributed by atoms with Crippen molar-refractivity contribution in [2.24, 2.45) is 5.73 Å². The summed E-state index contributed by atoms with van der Waals surface area (Å²) in [5.41, 5.74) is 4.75. The van der Waals surface area contributed by atoms with Crippen LogP contribution in [0.2, 0.25) is 0 Å². The summed E-state index contributed by atoms with van der Waals surface area (Å²) >= 11 is 0. The maximum atomic E-state index is 10.7. The molecule has 3 N–H and O–H groups in total. The van der Waals surface area contributed by atoms with Crippen LogP contribution in [0.25, 0.3) is 0 Å². The minimum Gasteiger partial charge on any atom is -0.481 e. The van der Waals surface area contributed by atoms with Crippen LogP contribution in [0.3, 0.4) is 0 Å². The Bertz CT molecular complexity index is 191. The minimum atomic E-state index is -1.47. The fourth-order valence-electron chi connectivity index (χ4n) is 0.424. The minimum absolute atomic E-state index is 0.0279. The molecule has 0 rings (SSSR count). The zero-order valence-corrected chi connectivity index (χ0v) is 6.60. The van der Waals surface area contributed by atoms with Crippen molar-refractivity contribution in [3.8, 4) is 0 Å². The van der Waals surface area contributed by atoms with Crippen molar-refractivity contribution < 1.29 is 18.9 Å². The highest BCUT2D eigenvalue weighted by atomic mass is 32.2. The first-order valence-corrected chi connectivity index (χ1v) is 4.36. The van der Waals surface area contributed by atoms with Crippen molar-refractivity contribution in [2.45, 2.75) is 6.42 Å². The highest BCUT2D eigenvalue weighted by Crippen LogP contribution is 1.86. The third-order valence-corrected chi connectivity index (χ3v) is 2.09. The number of nitrogens with two attached hydrogens (primary N) is 1. The lowest BCUT2D eigenvalue weighted by Gasteiger charge is -1.94. The molecule has 0 heterocycles. The summed E-state index contributed by atoms with van der Waals surface area (Å²) in [5, 5.41) is 8.14. The molecule has 0 aromatic rings. The molecule has 0 aliphatic carbocycles. The van der Waals surface area contributed by atoms with Crippen molar-refractivity contribution >= 4 is 22.7 Å². The Balaban J connectivity index is 3.53. The largest absolute Gasteiger partial charge is 0.481 e. The second-order valence-electron chi connectivity index (χ2n) is 1.90. The van der Waals surface area contributed by atoms with Crippen molar-refractivity contribution in [1.29, 1.82) is 0 Å². The summed E-state index contributed by atoms with van der Waals surface area (Å²) in [6, 6.07) is 0. The number of hydrogen-bond donors (Lipinski definition) is 2. The molecular formula is C5H9NO4S. The molecule has 11 heavy (non-hydrogen) atoms. The Labute approximate surface area is 66.0 Å². The van der Waals surface area contributed by atoms with E-state index in [9.17, 15) is 13.8 Å². The van der Waals surface area contributed by atoms with Crippen LogP contribution in [0.1, 0.15) is 6.42 Å². The highest BCUT2D eigenvalue weighted by Gasteiger charge is 2.06. The Morgan fingerprint density at radius 1 is 1.45 bits per heavy atom. The molecule has 0 aromatic heterocycles. The monoisotopic (exact) mass is 179 g/mol. The van der Waals surface area contributed by atoms with Gasteiger partial charge in [0.15, 0.2) is 0 Å². The van der Waals surface area contributed by atoms with E-state index in [1.165, 1.54) is 0 Å². The lowest BCUT2D eigenvalue weighted by atomic mass is 10.5. The topological polar surface area (TPSA) is 97.5 Å². The number of carbonyl (C=O) groups excluding carboxylic acids is 1. The predicted octanol–water partition coefficient (Wildman–Crippen LogP) is -1.30. The quantitative estimate of drug-likeness (QED) is 0.547. The van der Waals surface area contributed by atoms with Crippen molar-refractivity contribution in [1.82, 2.24) is 0 Å². The lowest BCUT2D eigenvalue weighted by Crippen LogP contribution is -2.18. The summed E-state index contributed by atoms with van der Waals surface area (Å²) in [4.78, 5) is 20.1. The van der Waals surface area contributed by atoms with E-state index in [2.05, 4.69) is 0 Å². The van der Waals surface area contributed by atoms with Gasteiger partial charge in [-0.05, 0) is 0 Å². The molecule has 5 nitrogen and oxygen atoms in total. The van der Waals surface area contributed by atoms with E-state index in [4.69, 9.17) is 10.8 Å². The van der Waals surface area contributed by atoms with Crippen molar-refractivity contribution in [2.75, 3.05) is 11.5 Å². The third kappa shape index (κ3) is 6.98. The SMILES string of the molecule is NC(=O)CCS(=O)CC(=O)O. The van der Waals surface area contributed by atoms with Gasteiger partial charge in [0.25, 0.3) is 0 Å². The van der Waals surface area contributed by atoms with E-state index >= 15 is 0 Å². The van der Waals surface area contributed by atoms with E-state index in [1.54, 1.807) is 0 Å². The number of carboxylic acid groups (broad SMARTS) is 1. The summed E-state index contributed by atoms with van der Waals surface area (Å²) in [7, 11) is -1.47. The van der Waals surface area contributed by atoms with Crippen LogP contribution in [-0.4, -0.2) is 32.7 Å². The fraction of sp³-hybridized carbons (Fsp3) is 0.600. The molecule has 0 aliphatic heterocycles. The van der Waals surface area contributed by atoms with Crippen LogP contribution in [0.5, 0.6) is 0 Å². The summed E-state index contributed by atoms with van der Waals surface area (Å²) in [6.45, 7) is 0. The Morgan fingerprint density at radius 2 is 2.00 bits per heavy atom. The average molecular weight is 179 g/mol. The molecule has 0 fully saturated rings. The van der Waals surface area contributed by atoms with E-state index in [-0.39, 0.29) is 12.2 Å². The fourth-order valence-corrected chi connectivity index (χ4v) is 1.27. The number of hydrogen-bond acceptors (Lipinski definition) is 3. The molecule has 6 heteroatoms. The van der Waals surface area contributed by atoms with Gasteiger partial charge < -0.3 is 10.8 Å². The van der Waals surface area contributed by atoms with Gasteiger partial charge in [-0.3, -0.25) is 13.8 Å². The van der Waals surface area contributed by atoms with Gasteiger partial charge in [0.05, 0.1) is 0 Å². The first kappa shape index (κ1) is 10.1. The number of amides is 1. The standard InChI is InChI=1S/C5H9NO4S/c6-4(7)1-2-11(10)3-5(8)9/h1-3H2,(H2,6,7)(H,8,9). The summed E-state index contributed by atoms with van der Waals surface area (Å²) in [6.07, 6.45) is -0.0279. The van der Waals surface area contributed by atoms with Gasteiger partial charge in [-0.25, -0.2) is 0 Å². The number of aliphatic carboxylic acids is 1. The van der Waals surface area contributed by atoms with Crippen molar-refractivity contribution in [3.05, 3.63) is 0 Å². The summed E-state index contributed by atoms with van der Waals surface area (Å²) in [5.74, 6) is -2.09. The third-order valence-electron chi connectivity index (χ3n) is 0.861. The zero-order valence-electron chi connectivity index (χ0n) is 5.78. The molecule has 0 saturated heterocycles. The predicted molar refractivity (Wildman–Crippen MR) is 39.3 cm³/mol. The maximum Gasteiger partial charge on any atom is 0.316 e. The van der Waals surface area contributed by atoms with E-state index < -0.39 is 28.4 Å². The second-order valence-corrected chi connectivity index (χ2v) is 3.47. The van der Waals surface area contributed by atoms with Gasteiger partial charge in [-0.2, -0.15) is 0 Å². The molecule has 0 bridgehead atoms. The molecule has 0 radical (unpaired) electrons. The second kappa shape index (κ2) is 4.84. The molecule has 0 spiro atoms. The van der Waals surface area contributed by atoms with Gasteiger partial charge in [-0.15, -0.1) is 0 Å². The van der Waals surface area contributed by atoms with Gasteiger partial charge in [-0.1, -0.05) is 0 Å². The molecule has 0 aliphatic rings. The number of carbonyl (C=O) groups is 2. The van der Waals surface area contributed by atoms with Crippen LogP contribution < -0.4 is 5.73 Å². The number of rotatable bonds is 5. The first-order valence-electron chi connectivity index (χ1n) is 2.87. The smallest absolute Gasteiger partial charge is 0.316 e. The Kier molecular flexibility index (Phi) is 4.44. The maximum absolute atomic E-state index is 10.7. The highest BCUT2D eigenvalue weighted by molar-refractivity contribution is 7.85. The molecule has 1 unspecified atom stereocenters. The lowest BCUT2D eigenvalue weighted by molar-refractivity contribution is -0.134. The molecule has 0 aromatic carbocycles. The molecule has 64 valence electrons.